The minimum absolute atomic E-state index is 0.00564. The van der Waals surface area contributed by atoms with Gasteiger partial charge in [0, 0.05) is 19.2 Å². The van der Waals surface area contributed by atoms with Crippen molar-refractivity contribution in [1.82, 2.24) is 0 Å². The molecule has 1 unspecified atom stereocenters. The fraction of sp³-hybridized carbons (Fsp3) is 0.533. The summed E-state index contributed by atoms with van der Waals surface area (Å²) >= 11 is 6.22. The molecule has 0 aromatic heterocycles. The van der Waals surface area contributed by atoms with Crippen LogP contribution >= 0.6 is 11.6 Å². The molecule has 0 heterocycles. The summed E-state index contributed by atoms with van der Waals surface area (Å²) in [5.41, 5.74) is 1.60. The molecule has 1 aliphatic carbocycles. The van der Waals surface area contributed by atoms with E-state index >= 15 is 0 Å². The average Bonchev–Trinajstić information content (AvgIpc) is 3.26. The van der Waals surface area contributed by atoms with Crippen LogP contribution in [0.5, 0.6) is 0 Å². The van der Waals surface area contributed by atoms with Crippen molar-refractivity contribution >= 4 is 28.9 Å². The molecule has 5 heteroatoms. The Morgan fingerprint density at radius 1 is 1.50 bits per heavy atom. The zero-order valence-corrected chi connectivity index (χ0v) is 12.7. The van der Waals surface area contributed by atoms with E-state index in [-0.39, 0.29) is 11.9 Å². The maximum atomic E-state index is 11.4. The van der Waals surface area contributed by atoms with Crippen molar-refractivity contribution in [3.8, 4) is 0 Å². The molecule has 1 aromatic rings. The van der Waals surface area contributed by atoms with Gasteiger partial charge in [-0.15, -0.1) is 0 Å². The van der Waals surface area contributed by atoms with Crippen LogP contribution in [-0.4, -0.2) is 25.7 Å². The Bertz CT molecular complexity index is 475. The highest BCUT2D eigenvalue weighted by Crippen LogP contribution is 2.36. The van der Waals surface area contributed by atoms with Gasteiger partial charge in [-0.1, -0.05) is 18.5 Å². The van der Waals surface area contributed by atoms with Gasteiger partial charge < -0.3 is 15.4 Å². The lowest BCUT2D eigenvalue weighted by atomic mass is 10.1. The van der Waals surface area contributed by atoms with Crippen molar-refractivity contribution in [3.63, 3.8) is 0 Å². The van der Waals surface area contributed by atoms with Crippen LogP contribution in [-0.2, 0) is 9.53 Å². The first-order chi connectivity index (χ1) is 9.63. The van der Waals surface area contributed by atoms with E-state index in [1.807, 2.05) is 19.1 Å². The smallest absolute Gasteiger partial charge is 0.224 e. The first kappa shape index (κ1) is 15.1. The van der Waals surface area contributed by atoms with Crippen LogP contribution in [0.2, 0.25) is 5.02 Å². The molecule has 1 aliphatic rings. The number of benzene rings is 1. The molecule has 0 bridgehead atoms. The zero-order chi connectivity index (χ0) is 14.5. The second kappa shape index (κ2) is 6.95. The van der Waals surface area contributed by atoms with E-state index in [0.717, 1.165) is 11.4 Å². The fourth-order valence-corrected chi connectivity index (χ4v) is 2.31. The lowest BCUT2D eigenvalue weighted by Gasteiger charge is -2.20. The highest BCUT2D eigenvalue weighted by atomic mass is 35.5. The number of hydrogen-bond donors (Lipinski definition) is 2. The molecule has 110 valence electrons. The number of halogens is 1. The van der Waals surface area contributed by atoms with E-state index in [0.29, 0.717) is 24.0 Å². The molecule has 0 radical (unpaired) electrons. The van der Waals surface area contributed by atoms with E-state index in [1.165, 1.54) is 12.8 Å². The summed E-state index contributed by atoms with van der Waals surface area (Å²) in [6.45, 7) is 2.48. The highest BCUT2D eigenvalue weighted by Gasteiger charge is 2.31. The predicted molar refractivity (Wildman–Crippen MR) is 82.4 cm³/mol. The quantitative estimate of drug-likeness (QED) is 0.809. The monoisotopic (exact) mass is 296 g/mol. The number of hydrogen-bond acceptors (Lipinski definition) is 3. The third-order valence-electron chi connectivity index (χ3n) is 3.45. The third kappa shape index (κ3) is 4.12. The van der Waals surface area contributed by atoms with Crippen molar-refractivity contribution < 1.29 is 9.53 Å². The molecule has 0 aliphatic heterocycles. The van der Waals surface area contributed by atoms with E-state index in [2.05, 4.69) is 10.6 Å². The normalized spacial score (nSPS) is 15.8. The maximum Gasteiger partial charge on any atom is 0.224 e. The Hall–Kier alpha value is -1.26. The van der Waals surface area contributed by atoms with Gasteiger partial charge in [-0.3, -0.25) is 4.79 Å². The zero-order valence-electron chi connectivity index (χ0n) is 11.9. The second-order valence-corrected chi connectivity index (χ2v) is 5.55. The van der Waals surface area contributed by atoms with Crippen molar-refractivity contribution in [2.45, 2.75) is 32.2 Å². The van der Waals surface area contributed by atoms with Gasteiger partial charge in [0.05, 0.1) is 23.4 Å². The van der Waals surface area contributed by atoms with Gasteiger partial charge in [0.25, 0.3) is 0 Å². The molecular weight excluding hydrogens is 276 g/mol. The van der Waals surface area contributed by atoms with Gasteiger partial charge in [-0.25, -0.2) is 0 Å². The summed E-state index contributed by atoms with van der Waals surface area (Å²) in [6.07, 6.45) is 2.91. The van der Waals surface area contributed by atoms with E-state index in [4.69, 9.17) is 16.3 Å². The van der Waals surface area contributed by atoms with Gasteiger partial charge in [-0.05, 0) is 37.0 Å². The Morgan fingerprint density at radius 3 is 2.85 bits per heavy atom. The van der Waals surface area contributed by atoms with Crippen LogP contribution in [0.15, 0.2) is 18.2 Å². The van der Waals surface area contributed by atoms with Crippen LogP contribution in [0.3, 0.4) is 0 Å². The van der Waals surface area contributed by atoms with Gasteiger partial charge in [-0.2, -0.15) is 0 Å². The van der Waals surface area contributed by atoms with Crippen LogP contribution < -0.4 is 10.6 Å². The molecule has 1 amide bonds. The van der Waals surface area contributed by atoms with E-state index in [1.54, 1.807) is 13.2 Å². The number of carbonyl (C=O) groups excluding carboxylic acids is 1. The van der Waals surface area contributed by atoms with Crippen LogP contribution in [0.25, 0.3) is 0 Å². The number of amides is 1. The Kier molecular flexibility index (Phi) is 5.26. The molecule has 2 rings (SSSR count). The molecule has 1 saturated carbocycles. The van der Waals surface area contributed by atoms with Crippen molar-refractivity contribution in [2.75, 3.05) is 24.4 Å². The number of anilines is 2. The number of rotatable bonds is 7. The highest BCUT2D eigenvalue weighted by molar-refractivity contribution is 6.33. The Morgan fingerprint density at radius 2 is 2.25 bits per heavy atom. The SMILES string of the molecule is CCC(=O)Nc1ccc(Cl)c(NC(COC)C2CC2)c1. The van der Waals surface area contributed by atoms with Crippen molar-refractivity contribution in [2.24, 2.45) is 5.92 Å². The first-order valence-electron chi connectivity index (χ1n) is 6.99. The van der Waals surface area contributed by atoms with Gasteiger partial charge in [0.15, 0.2) is 0 Å². The summed E-state index contributed by atoms with van der Waals surface area (Å²) in [5.74, 6) is 0.647. The summed E-state index contributed by atoms with van der Waals surface area (Å²) in [4.78, 5) is 11.4. The molecule has 2 N–H and O–H groups in total. The molecular formula is C15H21ClN2O2. The Balaban J connectivity index is 2.08. The number of methoxy groups -OCH3 is 1. The molecule has 1 fully saturated rings. The number of ether oxygens (including phenoxy) is 1. The number of carbonyl (C=O) groups is 1. The first-order valence-corrected chi connectivity index (χ1v) is 7.36. The summed E-state index contributed by atoms with van der Waals surface area (Å²) in [5, 5.41) is 6.93. The van der Waals surface area contributed by atoms with Gasteiger partial charge in [0.2, 0.25) is 5.91 Å². The summed E-state index contributed by atoms with van der Waals surface area (Å²) in [7, 11) is 1.70. The lowest BCUT2D eigenvalue weighted by Crippen LogP contribution is -2.27. The molecule has 4 nitrogen and oxygen atoms in total. The standard InChI is InChI=1S/C15H21ClN2O2/c1-3-15(19)17-11-6-7-12(16)13(8-11)18-14(9-20-2)10-4-5-10/h6-8,10,14,18H,3-5,9H2,1-2H3,(H,17,19). The van der Waals surface area contributed by atoms with Crippen LogP contribution in [0.4, 0.5) is 11.4 Å². The molecule has 0 spiro atoms. The minimum atomic E-state index is -0.00564. The lowest BCUT2D eigenvalue weighted by molar-refractivity contribution is -0.115. The van der Waals surface area contributed by atoms with E-state index < -0.39 is 0 Å². The third-order valence-corrected chi connectivity index (χ3v) is 3.78. The second-order valence-electron chi connectivity index (χ2n) is 5.14. The predicted octanol–water partition coefficient (Wildman–Crippen LogP) is 3.53. The molecule has 0 saturated heterocycles. The van der Waals surface area contributed by atoms with Gasteiger partial charge in [0.1, 0.15) is 0 Å². The summed E-state index contributed by atoms with van der Waals surface area (Å²) in [6, 6.07) is 5.76. The molecule has 20 heavy (non-hydrogen) atoms. The number of nitrogens with one attached hydrogen (secondary N) is 2. The van der Waals surface area contributed by atoms with E-state index in [9.17, 15) is 4.79 Å². The van der Waals surface area contributed by atoms with Crippen LogP contribution in [0, 0.1) is 5.92 Å². The van der Waals surface area contributed by atoms with Crippen LogP contribution in [0.1, 0.15) is 26.2 Å². The minimum Gasteiger partial charge on any atom is -0.383 e. The Labute approximate surface area is 124 Å². The van der Waals surface area contributed by atoms with Gasteiger partial charge >= 0.3 is 0 Å². The maximum absolute atomic E-state index is 11.4. The largest absolute Gasteiger partial charge is 0.383 e. The van der Waals surface area contributed by atoms with Crippen molar-refractivity contribution in [1.29, 1.82) is 0 Å². The molecule has 1 aromatic carbocycles. The van der Waals surface area contributed by atoms with Crippen molar-refractivity contribution in [3.05, 3.63) is 23.2 Å². The fourth-order valence-electron chi connectivity index (χ4n) is 2.14. The summed E-state index contributed by atoms with van der Waals surface area (Å²) < 4.78 is 5.25. The topological polar surface area (TPSA) is 50.4 Å². The molecule has 1 atom stereocenters. The average molecular weight is 297 g/mol.